The largest absolute Gasteiger partial charge is 0.336 e. The molecule has 2 N–H and O–H groups in total. The summed E-state index contributed by atoms with van der Waals surface area (Å²) in [5.74, 6) is -0.745. The van der Waals surface area contributed by atoms with Crippen molar-refractivity contribution in [1.29, 1.82) is 0 Å². The predicted octanol–water partition coefficient (Wildman–Crippen LogP) is 4.84. The van der Waals surface area contributed by atoms with Crippen molar-refractivity contribution in [2.75, 3.05) is 13.1 Å². The lowest BCUT2D eigenvalue weighted by Gasteiger charge is -2.37. The highest BCUT2D eigenvalue weighted by Crippen LogP contribution is 2.38. The van der Waals surface area contributed by atoms with Crippen LogP contribution in [0.2, 0.25) is 5.02 Å². The molecule has 10 heteroatoms. The Morgan fingerprint density at radius 3 is 2.15 bits per heavy atom. The number of halogens is 2. The average Bonchev–Trinajstić information content (AvgIpc) is 3.22. The van der Waals surface area contributed by atoms with E-state index < -0.39 is 16.2 Å². The quantitative estimate of drug-likeness (QED) is 0.546. The second kappa shape index (κ2) is 9.13. The first-order valence-electron chi connectivity index (χ1n) is 10.4. The van der Waals surface area contributed by atoms with E-state index in [2.05, 4.69) is 4.98 Å². The van der Waals surface area contributed by atoms with Crippen LogP contribution in [-0.2, 0) is 10.0 Å². The molecule has 1 saturated heterocycles. The molecule has 33 heavy (non-hydrogen) atoms. The maximum atomic E-state index is 14.3. The van der Waals surface area contributed by atoms with Crippen molar-refractivity contribution >= 4 is 38.9 Å². The summed E-state index contributed by atoms with van der Waals surface area (Å²) in [6, 6.07) is 13.2. The fraction of sp³-hybridized carbons (Fsp3) is 0.304. The van der Waals surface area contributed by atoms with Gasteiger partial charge in [-0.3, -0.25) is 4.79 Å². The van der Waals surface area contributed by atoms with Gasteiger partial charge in [-0.15, -0.1) is 11.3 Å². The molecule has 0 bridgehead atoms. The summed E-state index contributed by atoms with van der Waals surface area (Å²) in [7, 11) is -3.82. The van der Waals surface area contributed by atoms with Gasteiger partial charge >= 0.3 is 0 Å². The zero-order valence-corrected chi connectivity index (χ0v) is 20.4. The van der Waals surface area contributed by atoms with E-state index in [0.29, 0.717) is 39.3 Å². The number of likely N-dealkylation sites (tertiary alicyclic amines) is 1. The molecule has 1 aromatic heterocycles. The van der Waals surface area contributed by atoms with E-state index in [-0.39, 0.29) is 22.6 Å². The summed E-state index contributed by atoms with van der Waals surface area (Å²) in [6.07, 6.45) is -0.942. The van der Waals surface area contributed by atoms with Crippen molar-refractivity contribution in [2.45, 2.75) is 24.9 Å². The summed E-state index contributed by atoms with van der Waals surface area (Å²) >= 11 is 7.25. The van der Waals surface area contributed by atoms with E-state index in [1.165, 1.54) is 23.5 Å². The molecule has 0 radical (unpaired) electrons. The van der Waals surface area contributed by atoms with Crippen molar-refractivity contribution < 1.29 is 17.6 Å². The Bertz CT molecular complexity index is 1270. The molecule has 1 aliphatic rings. The van der Waals surface area contributed by atoms with Gasteiger partial charge in [-0.2, -0.15) is 0 Å². The number of amides is 1. The number of carbonyl (C=O) groups excluding carboxylic acids is 1. The molecular formula is C23H23ClFN3O3S2. The van der Waals surface area contributed by atoms with Crippen LogP contribution >= 0.6 is 22.9 Å². The highest BCUT2D eigenvalue weighted by Gasteiger charge is 2.35. The first kappa shape index (κ1) is 23.8. The van der Waals surface area contributed by atoms with Gasteiger partial charge in [-0.05, 0) is 29.8 Å². The molecule has 1 fully saturated rings. The molecule has 4 rings (SSSR count). The Kier molecular flexibility index (Phi) is 6.59. The van der Waals surface area contributed by atoms with Crippen LogP contribution in [0.4, 0.5) is 4.39 Å². The standard InChI is InChI=1S/C23H23ClFN3O3S2/c1-13-11-28(12-14(2)19(13)25)23(29)22-27-20(15-3-7-17(24)8-4-15)21(32-22)16-5-9-18(10-6-16)33(26,30)31/h3-10,13-14,19H,11-12H2,1-2H3,(H2,26,30,31). The topological polar surface area (TPSA) is 93.4 Å². The first-order chi connectivity index (χ1) is 15.5. The third kappa shape index (κ3) is 4.96. The van der Waals surface area contributed by atoms with Crippen LogP contribution in [-0.4, -0.2) is 43.5 Å². The Morgan fingerprint density at radius 2 is 1.61 bits per heavy atom. The highest BCUT2D eigenvalue weighted by atomic mass is 35.5. The van der Waals surface area contributed by atoms with E-state index in [9.17, 15) is 17.6 Å². The summed E-state index contributed by atoms with van der Waals surface area (Å²) in [4.78, 5) is 20.3. The number of aromatic nitrogens is 1. The van der Waals surface area contributed by atoms with Gasteiger partial charge < -0.3 is 4.90 Å². The van der Waals surface area contributed by atoms with Crippen molar-refractivity contribution in [1.82, 2.24) is 9.88 Å². The normalized spacial score (nSPS) is 21.2. The van der Waals surface area contributed by atoms with Gasteiger partial charge in [0.2, 0.25) is 10.0 Å². The van der Waals surface area contributed by atoms with Gasteiger partial charge in [0.25, 0.3) is 5.91 Å². The number of rotatable bonds is 4. The van der Waals surface area contributed by atoms with Gasteiger partial charge in [0.05, 0.1) is 15.5 Å². The number of hydrogen-bond donors (Lipinski definition) is 1. The molecule has 2 aromatic carbocycles. The van der Waals surface area contributed by atoms with Crippen molar-refractivity contribution in [3.63, 3.8) is 0 Å². The van der Waals surface area contributed by atoms with Gasteiger partial charge in [0.1, 0.15) is 6.17 Å². The summed E-state index contributed by atoms with van der Waals surface area (Å²) in [5.41, 5.74) is 2.06. The molecule has 2 heterocycles. The second-order valence-corrected chi connectivity index (χ2v) is 11.4. The third-order valence-corrected chi connectivity index (χ3v) is 8.04. The van der Waals surface area contributed by atoms with Crippen LogP contribution in [0.15, 0.2) is 53.4 Å². The number of alkyl halides is 1. The van der Waals surface area contributed by atoms with Crippen LogP contribution in [0.3, 0.4) is 0 Å². The van der Waals surface area contributed by atoms with Gasteiger partial charge in [-0.25, -0.2) is 22.9 Å². The predicted molar refractivity (Wildman–Crippen MR) is 128 cm³/mol. The number of primary sulfonamides is 1. The summed E-state index contributed by atoms with van der Waals surface area (Å²) < 4.78 is 37.5. The van der Waals surface area contributed by atoms with Gasteiger partial charge in [0.15, 0.2) is 5.01 Å². The molecule has 174 valence electrons. The molecule has 1 amide bonds. The van der Waals surface area contributed by atoms with E-state index >= 15 is 0 Å². The lowest BCUT2D eigenvalue weighted by Crippen LogP contribution is -2.48. The van der Waals surface area contributed by atoms with Crippen molar-refractivity contribution in [2.24, 2.45) is 17.0 Å². The number of carbonyl (C=O) groups is 1. The number of hydrogen-bond acceptors (Lipinski definition) is 5. The first-order valence-corrected chi connectivity index (χ1v) is 13.1. The fourth-order valence-electron chi connectivity index (χ4n) is 4.04. The number of nitrogens with zero attached hydrogens (tertiary/aromatic N) is 2. The number of benzene rings is 2. The van der Waals surface area contributed by atoms with Crippen LogP contribution in [0.25, 0.3) is 21.7 Å². The molecule has 2 atom stereocenters. The molecule has 1 aliphatic heterocycles. The molecule has 0 saturated carbocycles. The lowest BCUT2D eigenvalue weighted by atomic mass is 9.89. The number of thiazole rings is 1. The van der Waals surface area contributed by atoms with Crippen molar-refractivity contribution in [3.05, 3.63) is 58.6 Å². The zero-order valence-electron chi connectivity index (χ0n) is 18.0. The third-order valence-electron chi connectivity index (χ3n) is 5.76. The minimum absolute atomic E-state index is 0.00261. The SMILES string of the molecule is CC1CN(C(=O)c2nc(-c3ccc(Cl)cc3)c(-c3ccc(S(N)(=O)=O)cc3)s2)CC(C)C1F. The maximum absolute atomic E-state index is 14.3. The summed E-state index contributed by atoms with van der Waals surface area (Å²) in [6.45, 7) is 4.28. The number of piperidine rings is 1. The fourth-order valence-corrected chi connectivity index (χ4v) is 5.74. The Balaban J connectivity index is 1.76. The number of nitrogens with two attached hydrogens (primary N) is 1. The molecule has 0 spiro atoms. The van der Waals surface area contributed by atoms with E-state index in [1.54, 1.807) is 43.0 Å². The van der Waals surface area contributed by atoms with Crippen LogP contribution in [0.5, 0.6) is 0 Å². The Hall–Kier alpha value is -2.33. The van der Waals surface area contributed by atoms with Gasteiger partial charge in [0, 0.05) is 35.5 Å². The van der Waals surface area contributed by atoms with Crippen molar-refractivity contribution in [3.8, 4) is 21.7 Å². The maximum Gasteiger partial charge on any atom is 0.282 e. The Labute approximate surface area is 201 Å². The Morgan fingerprint density at radius 1 is 1.06 bits per heavy atom. The van der Waals surface area contributed by atoms with Crippen LogP contribution in [0.1, 0.15) is 23.6 Å². The molecule has 0 aliphatic carbocycles. The highest BCUT2D eigenvalue weighted by molar-refractivity contribution is 7.89. The molecule has 2 unspecified atom stereocenters. The van der Waals surface area contributed by atoms with E-state index in [1.807, 2.05) is 12.1 Å². The molecule has 3 aromatic rings. The van der Waals surface area contributed by atoms with E-state index in [4.69, 9.17) is 16.7 Å². The lowest BCUT2D eigenvalue weighted by molar-refractivity contribution is 0.0368. The van der Waals surface area contributed by atoms with Gasteiger partial charge in [-0.1, -0.05) is 49.7 Å². The molecular weight excluding hydrogens is 485 g/mol. The smallest absolute Gasteiger partial charge is 0.282 e. The number of sulfonamides is 1. The van der Waals surface area contributed by atoms with E-state index in [0.717, 1.165) is 5.56 Å². The zero-order chi connectivity index (χ0) is 23.9. The van der Waals surface area contributed by atoms with Crippen LogP contribution < -0.4 is 5.14 Å². The second-order valence-electron chi connectivity index (χ2n) is 8.38. The monoisotopic (exact) mass is 507 g/mol. The minimum atomic E-state index is -3.82. The molecule has 6 nitrogen and oxygen atoms in total. The average molecular weight is 508 g/mol. The minimum Gasteiger partial charge on any atom is -0.336 e. The summed E-state index contributed by atoms with van der Waals surface area (Å²) in [5, 5.41) is 6.08. The van der Waals surface area contributed by atoms with Crippen LogP contribution in [0, 0.1) is 11.8 Å².